The van der Waals surface area contributed by atoms with Gasteiger partial charge in [-0.2, -0.15) is 0 Å². The number of carbonyl (C=O) groups is 1. The molecule has 0 aromatic heterocycles. The summed E-state index contributed by atoms with van der Waals surface area (Å²) in [4.78, 5) is 11.8. The number of methoxy groups -OCH3 is 1. The largest absolute Gasteiger partial charge is 0.494 e. The molecular formula is C17H17ClFNO2. The zero-order chi connectivity index (χ0) is 15.9. The molecule has 1 N–H and O–H groups in total. The number of halogens is 2. The topological polar surface area (TPSA) is 38.3 Å². The molecule has 2 rings (SSSR count). The van der Waals surface area contributed by atoms with Crippen molar-refractivity contribution in [1.29, 1.82) is 0 Å². The normalized spacial score (nSPS) is 10.3. The molecular weight excluding hydrogens is 305 g/mol. The van der Waals surface area contributed by atoms with Gasteiger partial charge in [0.1, 0.15) is 0 Å². The van der Waals surface area contributed by atoms with Crippen LogP contribution in [0.1, 0.15) is 17.5 Å². The maximum atomic E-state index is 13.5. The molecule has 3 nitrogen and oxygen atoms in total. The van der Waals surface area contributed by atoms with Crippen LogP contribution in [0.2, 0.25) is 5.02 Å². The van der Waals surface area contributed by atoms with Gasteiger partial charge in [0, 0.05) is 18.0 Å². The van der Waals surface area contributed by atoms with Gasteiger partial charge in [-0.15, -0.1) is 0 Å². The summed E-state index contributed by atoms with van der Waals surface area (Å²) < 4.78 is 18.4. The van der Waals surface area contributed by atoms with Crippen molar-refractivity contribution >= 4 is 17.5 Å². The summed E-state index contributed by atoms with van der Waals surface area (Å²) in [5.74, 6) is -0.288. The molecule has 0 unspecified atom stereocenters. The van der Waals surface area contributed by atoms with Crippen LogP contribution in [0.3, 0.4) is 0 Å². The highest BCUT2D eigenvalue weighted by Crippen LogP contribution is 2.18. The third kappa shape index (κ3) is 4.74. The zero-order valence-electron chi connectivity index (χ0n) is 12.2. The molecule has 0 fully saturated rings. The Kier molecular flexibility index (Phi) is 5.78. The number of aryl methyl sites for hydroxylation is 1. The minimum atomic E-state index is -0.415. The van der Waals surface area contributed by atoms with Gasteiger partial charge < -0.3 is 10.1 Å². The molecule has 22 heavy (non-hydrogen) atoms. The van der Waals surface area contributed by atoms with E-state index in [1.165, 1.54) is 13.2 Å². The van der Waals surface area contributed by atoms with Crippen LogP contribution in [-0.4, -0.2) is 13.0 Å². The molecule has 0 aliphatic heterocycles. The van der Waals surface area contributed by atoms with Gasteiger partial charge in [0.05, 0.1) is 7.11 Å². The van der Waals surface area contributed by atoms with Gasteiger partial charge >= 0.3 is 0 Å². The molecule has 116 valence electrons. The second-order valence-electron chi connectivity index (χ2n) is 4.87. The summed E-state index contributed by atoms with van der Waals surface area (Å²) in [5.41, 5.74) is 1.74. The summed E-state index contributed by atoms with van der Waals surface area (Å²) >= 11 is 5.80. The van der Waals surface area contributed by atoms with Crippen LogP contribution in [0.15, 0.2) is 42.5 Å². The van der Waals surface area contributed by atoms with Gasteiger partial charge in [0.2, 0.25) is 5.91 Å². The van der Waals surface area contributed by atoms with Crippen LogP contribution in [0.5, 0.6) is 5.75 Å². The number of nitrogens with one attached hydrogen (secondary N) is 1. The molecule has 0 aliphatic carbocycles. The van der Waals surface area contributed by atoms with Crippen molar-refractivity contribution < 1.29 is 13.9 Å². The number of hydrogen-bond acceptors (Lipinski definition) is 2. The Morgan fingerprint density at radius 3 is 2.50 bits per heavy atom. The first-order valence-electron chi connectivity index (χ1n) is 6.92. The van der Waals surface area contributed by atoms with E-state index >= 15 is 0 Å². The molecule has 0 atom stereocenters. The highest BCUT2D eigenvalue weighted by molar-refractivity contribution is 6.30. The van der Waals surface area contributed by atoms with E-state index in [-0.39, 0.29) is 11.7 Å². The smallest absolute Gasteiger partial charge is 0.220 e. The fraction of sp³-hybridized carbons (Fsp3) is 0.235. The average molecular weight is 322 g/mol. The standard InChI is InChI=1S/C17H17ClFNO2/c1-22-16-8-4-12(10-15(16)19)5-9-17(21)20-11-13-2-6-14(18)7-3-13/h2-4,6-8,10H,5,9,11H2,1H3,(H,20,21). The second kappa shape index (κ2) is 7.80. The molecule has 0 saturated heterocycles. The van der Waals surface area contributed by atoms with Gasteiger partial charge in [-0.25, -0.2) is 4.39 Å². The van der Waals surface area contributed by atoms with Crippen LogP contribution in [0.25, 0.3) is 0 Å². The van der Waals surface area contributed by atoms with E-state index in [1.54, 1.807) is 24.3 Å². The predicted molar refractivity (Wildman–Crippen MR) is 84.6 cm³/mol. The van der Waals surface area contributed by atoms with Crippen LogP contribution in [-0.2, 0) is 17.8 Å². The lowest BCUT2D eigenvalue weighted by Crippen LogP contribution is -2.22. The average Bonchev–Trinajstić information content (AvgIpc) is 2.52. The van der Waals surface area contributed by atoms with Gasteiger partial charge in [-0.3, -0.25) is 4.79 Å². The second-order valence-corrected chi connectivity index (χ2v) is 5.31. The number of rotatable bonds is 6. The molecule has 0 saturated carbocycles. The van der Waals surface area contributed by atoms with Crippen LogP contribution < -0.4 is 10.1 Å². The molecule has 0 bridgehead atoms. The van der Waals surface area contributed by atoms with Crippen LogP contribution in [0, 0.1) is 5.82 Å². The number of hydrogen-bond donors (Lipinski definition) is 1. The number of benzene rings is 2. The van der Waals surface area contributed by atoms with E-state index < -0.39 is 5.82 Å². The lowest BCUT2D eigenvalue weighted by molar-refractivity contribution is -0.121. The summed E-state index contributed by atoms with van der Waals surface area (Å²) in [7, 11) is 1.42. The quantitative estimate of drug-likeness (QED) is 0.880. The Labute approximate surface area is 134 Å². The molecule has 2 aromatic rings. The molecule has 0 heterocycles. The van der Waals surface area contributed by atoms with Gasteiger partial charge in [-0.05, 0) is 41.8 Å². The lowest BCUT2D eigenvalue weighted by atomic mass is 10.1. The minimum absolute atomic E-state index is 0.0776. The van der Waals surface area contributed by atoms with Gasteiger partial charge in [-0.1, -0.05) is 29.8 Å². The summed E-state index contributed by atoms with van der Waals surface area (Å²) in [5, 5.41) is 3.49. The molecule has 0 spiro atoms. The Balaban J connectivity index is 1.80. The lowest BCUT2D eigenvalue weighted by Gasteiger charge is -2.07. The molecule has 5 heteroatoms. The molecule has 1 amide bonds. The first kappa shape index (κ1) is 16.3. The van der Waals surface area contributed by atoms with Crippen molar-refractivity contribution in [3.05, 3.63) is 64.4 Å². The van der Waals surface area contributed by atoms with E-state index in [1.807, 2.05) is 12.1 Å². The van der Waals surface area contributed by atoms with Crippen molar-refractivity contribution in [1.82, 2.24) is 5.32 Å². The number of carbonyl (C=O) groups excluding carboxylic acids is 1. The maximum Gasteiger partial charge on any atom is 0.220 e. The first-order valence-corrected chi connectivity index (χ1v) is 7.30. The number of ether oxygens (including phenoxy) is 1. The highest BCUT2D eigenvalue weighted by atomic mass is 35.5. The summed E-state index contributed by atoms with van der Waals surface area (Å²) in [6.45, 7) is 0.451. The zero-order valence-corrected chi connectivity index (χ0v) is 13.0. The van der Waals surface area contributed by atoms with Gasteiger partial charge in [0.25, 0.3) is 0 Å². The monoisotopic (exact) mass is 321 g/mol. The molecule has 2 aromatic carbocycles. The van der Waals surface area contributed by atoms with E-state index in [2.05, 4.69) is 5.32 Å². The summed E-state index contributed by atoms with van der Waals surface area (Å²) in [6.07, 6.45) is 0.784. The Bertz CT molecular complexity index is 644. The Morgan fingerprint density at radius 2 is 1.86 bits per heavy atom. The highest BCUT2D eigenvalue weighted by Gasteiger charge is 2.06. The van der Waals surface area contributed by atoms with Crippen LogP contribution in [0.4, 0.5) is 4.39 Å². The van der Waals surface area contributed by atoms with Gasteiger partial charge in [0.15, 0.2) is 11.6 Å². The Morgan fingerprint density at radius 1 is 1.18 bits per heavy atom. The van der Waals surface area contributed by atoms with Crippen molar-refractivity contribution in [3.63, 3.8) is 0 Å². The predicted octanol–water partition coefficient (Wildman–Crippen LogP) is 3.74. The van der Waals surface area contributed by atoms with Crippen molar-refractivity contribution in [2.24, 2.45) is 0 Å². The first-order chi connectivity index (χ1) is 10.6. The SMILES string of the molecule is COc1ccc(CCC(=O)NCc2ccc(Cl)cc2)cc1F. The van der Waals surface area contributed by atoms with Crippen LogP contribution >= 0.6 is 11.6 Å². The number of amides is 1. The maximum absolute atomic E-state index is 13.5. The van der Waals surface area contributed by atoms with Crippen molar-refractivity contribution in [2.45, 2.75) is 19.4 Å². The Hall–Kier alpha value is -2.07. The fourth-order valence-corrected chi connectivity index (χ4v) is 2.14. The van der Waals surface area contributed by atoms with Crippen molar-refractivity contribution in [2.75, 3.05) is 7.11 Å². The van der Waals surface area contributed by atoms with E-state index in [4.69, 9.17) is 16.3 Å². The van der Waals surface area contributed by atoms with E-state index in [0.29, 0.717) is 24.4 Å². The minimum Gasteiger partial charge on any atom is -0.494 e. The molecule has 0 aliphatic rings. The third-order valence-corrected chi connectivity index (χ3v) is 3.51. The summed E-state index contributed by atoms with van der Waals surface area (Å²) in [6, 6.07) is 12.0. The molecule has 0 radical (unpaired) electrons. The fourth-order valence-electron chi connectivity index (χ4n) is 2.01. The van der Waals surface area contributed by atoms with Crippen molar-refractivity contribution in [3.8, 4) is 5.75 Å². The van der Waals surface area contributed by atoms with E-state index in [9.17, 15) is 9.18 Å². The van der Waals surface area contributed by atoms with E-state index in [0.717, 1.165) is 11.1 Å². The third-order valence-electron chi connectivity index (χ3n) is 3.26.